The van der Waals surface area contributed by atoms with E-state index in [9.17, 15) is 4.21 Å². The Balaban J connectivity index is 2.52. The Kier molecular flexibility index (Phi) is 3.71. The second-order valence-electron chi connectivity index (χ2n) is 4.80. The Bertz CT molecular complexity index is 589. The Morgan fingerprint density at radius 1 is 1.44 bits per heavy atom. The number of aromatic nitrogens is 2. The van der Waals surface area contributed by atoms with E-state index in [4.69, 9.17) is 5.73 Å². The van der Waals surface area contributed by atoms with E-state index in [1.54, 1.807) is 6.26 Å². The monoisotopic (exact) mass is 265 g/mol. The van der Waals surface area contributed by atoms with Gasteiger partial charge in [-0.15, -0.1) is 0 Å². The molecule has 0 spiro atoms. The van der Waals surface area contributed by atoms with E-state index >= 15 is 0 Å². The minimum atomic E-state index is -0.792. The van der Waals surface area contributed by atoms with Crippen molar-refractivity contribution in [2.24, 2.45) is 0 Å². The van der Waals surface area contributed by atoms with Gasteiger partial charge in [-0.05, 0) is 18.2 Å². The van der Waals surface area contributed by atoms with E-state index in [1.165, 1.54) is 0 Å². The number of anilines is 1. The molecular weight excluding hydrogens is 246 g/mol. The number of nitrogens with two attached hydrogens (primary N) is 1. The van der Waals surface area contributed by atoms with Crippen molar-refractivity contribution in [3.05, 3.63) is 24.0 Å². The summed E-state index contributed by atoms with van der Waals surface area (Å²) in [6.45, 7) is 4.96. The normalized spacial score (nSPS) is 13.3. The van der Waals surface area contributed by atoms with E-state index in [0.29, 0.717) is 11.7 Å². The summed E-state index contributed by atoms with van der Waals surface area (Å²) in [7, 11) is -0.792. The molecule has 0 bridgehead atoms. The fraction of sp³-hybridized carbons (Fsp3) is 0.462. The number of hydrogen-bond acceptors (Lipinski definition) is 3. The topological polar surface area (TPSA) is 60.9 Å². The van der Waals surface area contributed by atoms with Gasteiger partial charge in [0.25, 0.3) is 0 Å². The molecule has 4 nitrogen and oxygen atoms in total. The Hall–Kier alpha value is -1.36. The van der Waals surface area contributed by atoms with E-state index in [2.05, 4.69) is 23.4 Å². The molecule has 1 heterocycles. The fourth-order valence-corrected chi connectivity index (χ4v) is 2.50. The first-order valence-corrected chi connectivity index (χ1v) is 7.77. The maximum absolute atomic E-state index is 11.3. The van der Waals surface area contributed by atoms with Crippen LogP contribution in [0.5, 0.6) is 0 Å². The average Bonchev–Trinajstić information content (AvgIpc) is 2.64. The van der Waals surface area contributed by atoms with Crippen molar-refractivity contribution in [1.29, 1.82) is 0 Å². The average molecular weight is 265 g/mol. The van der Waals surface area contributed by atoms with Crippen LogP contribution in [0.2, 0.25) is 0 Å². The zero-order valence-corrected chi connectivity index (χ0v) is 11.8. The summed E-state index contributed by atoms with van der Waals surface area (Å²) in [5, 5.41) is 0. The van der Waals surface area contributed by atoms with Gasteiger partial charge in [-0.25, -0.2) is 4.98 Å². The van der Waals surface area contributed by atoms with Crippen molar-refractivity contribution in [2.45, 2.75) is 26.3 Å². The maximum atomic E-state index is 11.3. The van der Waals surface area contributed by atoms with Crippen LogP contribution in [0.3, 0.4) is 0 Å². The van der Waals surface area contributed by atoms with Crippen LogP contribution in [-0.2, 0) is 17.3 Å². The van der Waals surface area contributed by atoms with Crippen LogP contribution in [0.4, 0.5) is 5.69 Å². The zero-order chi connectivity index (χ0) is 13.3. The Morgan fingerprint density at radius 3 is 2.78 bits per heavy atom. The minimum absolute atomic E-state index is 0.337. The molecule has 5 heteroatoms. The number of imidazole rings is 1. The van der Waals surface area contributed by atoms with E-state index in [1.807, 2.05) is 18.2 Å². The van der Waals surface area contributed by atoms with Crippen LogP contribution in [0.25, 0.3) is 11.0 Å². The third-order valence-electron chi connectivity index (χ3n) is 2.92. The molecular formula is C13H19N3OS. The van der Waals surface area contributed by atoms with E-state index in [0.717, 1.165) is 29.1 Å². The second-order valence-corrected chi connectivity index (χ2v) is 6.36. The lowest BCUT2D eigenvalue weighted by Gasteiger charge is -2.10. The number of fused-ring (bicyclic) bond motifs is 1. The quantitative estimate of drug-likeness (QED) is 0.861. The summed E-state index contributed by atoms with van der Waals surface area (Å²) in [4.78, 5) is 4.63. The predicted octanol–water partition coefficient (Wildman–Crippen LogP) is 2.12. The second kappa shape index (κ2) is 5.10. The van der Waals surface area contributed by atoms with Crippen molar-refractivity contribution in [3.8, 4) is 0 Å². The number of nitrogens with zero attached hydrogens (tertiary/aromatic N) is 2. The van der Waals surface area contributed by atoms with E-state index < -0.39 is 10.8 Å². The molecule has 0 fully saturated rings. The smallest absolute Gasteiger partial charge is 0.112 e. The minimum Gasteiger partial charge on any atom is -0.399 e. The van der Waals surface area contributed by atoms with Gasteiger partial charge in [0.05, 0.1) is 11.0 Å². The van der Waals surface area contributed by atoms with Gasteiger partial charge in [-0.3, -0.25) is 4.21 Å². The molecule has 0 radical (unpaired) electrons. The molecule has 1 aromatic heterocycles. The molecule has 98 valence electrons. The largest absolute Gasteiger partial charge is 0.399 e. The third-order valence-corrected chi connectivity index (χ3v) is 3.68. The SMILES string of the molecule is CC(C)c1nc2cc(N)ccc2n1CCS(C)=O. The van der Waals surface area contributed by atoms with Gasteiger partial charge in [0.1, 0.15) is 5.82 Å². The molecule has 2 aromatic rings. The molecule has 1 aromatic carbocycles. The first kappa shape index (κ1) is 13.1. The molecule has 0 aliphatic heterocycles. The summed E-state index contributed by atoms with van der Waals surface area (Å²) in [6.07, 6.45) is 1.73. The third kappa shape index (κ3) is 2.56. The number of benzene rings is 1. The van der Waals surface area contributed by atoms with Crippen molar-refractivity contribution >= 4 is 27.5 Å². The summed E-state index contributed by atoms with van der Waals surface area (Å²) < 4.78 is 13.4. The highest BCUT2D eigenvalue weighted by atomic mass is 32.2. The summed E-state index contributed by atoms with van der Waals surface area (Å²) in [6, 6.07) is 5.76. The van der Waals surface area contributed by atoms with Crippen LogP contribution in [0.15, 0.2) is 18.2 Å². The number of rotatable bonds is 4. The summed E-state index contributed by atoms with van der Waals surface area (Å²) in [5.41, 5.74) is 8.49. The molecule has 0 saturated heterocycles. The highest BCUT2D eigenvalue weighted by Gasteiger charge is 2.13. The predicted molar refractivity (Wildman–Crippen MR) is 77.2 cm³/mol. The first-order chi connectivity index (χ1) is 8.49. The zero-order valence-electron chi connectivity index (χ0n) is 11.0. The number of nitrogen functional groups attached to an aromatic ring is 1. The van der Waals surface area contributed by atoms with Gasteiger partial charge in [-0.1, -0.05) is 13.8 Å². The standard InChI is InChI=1S/C13H19N3OS/c1-9(2)13-15-11-8-10(14)4-5-12(11)16(13)6-7-18(3)17/h4-5,8-9H,6-7,14H2,1-3H3. The molecule has 1 atom stereocenters. The molecule has 0 amide bonds. The van der Waals surface area contributed by atoms with Crippen LogP contribution in [0.1, 0.15) is 25.6 Å². The van der Waals surface area contributed by atoms with Gasteiger partial charge in [-0.2, -0.15) is 0 Å². The van der Waals surface area contributed by atoms with Crippen LogP contribution in [0, 0.1) is 0 Å². The molecule has 18 heavy (non-hydrogen) atoms. The lowest BCUT2D eigenvalue weighted by Crippen LogP contribution is -2.10. The number of aryl methyl sites for hydroxylation is 1. The van der Waals surface area contributed by atoms with Crippen molar-refractivity contribution in [1.82, 2.24) is 9.55 Å². The van der Waals surface area contributed by atoms with Gasteiger partial charge >= 0.3 is 0 Å². The van der Waals surface area contributed by atoms with Gasteiger partial charge in [0.2, 0.25) is 0 Å². The van der Waals surface area contributed by atoms with Crippen molar-refractivity contribution in [3.63, 3.8) is 0 Å². The van der Waals surface area contributed by atoms with E-state index in [-0.39, 0.29) is 0 Å². The van der Waals surface area contributed by atoms with Gasteiger partial charge < -0.3 is 10.3 Å². The Morgan fingerprint density at radius 2 is 2.17 bits per heavy atom. The highest BCUT2D eigenvalue weighted by molar-refractivity contribution is 7.84. The highest BCUT2D eigenvalue weighted by Crippen LogP contribution is 2.23. The number of hydrogen-bond donors (Lipinski definition) is 1. The molecule has 0 aliphatic rings. The first-order valence-electron chi connectivity index (χ1n) is 6.04. The molecule has 0 saturated carbocycles. The van der Waals surface area contributed by atoms with Crippen molar-refractivity contribution in [2.75, 3.05) is 17.7 Å². The summed E-state index contributed by atoms with van der Waals surface area (Å²) in [5.74, 6) is 2.01. The summed E-state index contributed by atoms with van der Waals surface area (Å²) >= 11 is 0. The Labute approximate surface area is 110 Å². The molecule has 0 aliphatic carbocycles. The van der Waals surface area contributed by atoms with Gasteiger partial charge in [0.15, 0.2) is 0 Å². The van der Waals surface area contributed by atoms with Crippen LogP contribution >= 0.6 is 0 Å². The van der Waals surface area contributed by atoms with Crippen LogP contribution < -0.4 is 5.73 Å². The molecule has 1 unspecified atom stereocenters. The van der Waals surface area contributed by atoms with Crippen LogP contribution in [-0.4, -0.2) is 25.8 Å². The van der Waals surface area contributed by atoms with Crippen molar-refractivity contribution < 1.29 is 4.21 Å². The molecule has 2 N–H and O–H groups in total. The fourth-order valence-electron chi connectivity index (χ4n) is 2.06. The molecule has 2 rings (SSSR count). The van der Waals surface area contributed by atoms with Gasteiger partial charge in [0, 0.05) is 41.0 Å². The maximum Gasteiger partial charge on any atom is 0.112 e. The lowest BCUT2D eigenvalue weighted by atomic mass is 10.2. The lowest BCUT2D eigenvalue weighted by molar-refractivity contribution is 0.654.